The van der Waals surface area contributed by atoms with E-state index < -0.39 is 0 Å². The molecule has 0 aliphatic carbocycles. The Hall–Kier alpha value is -1.78. The Morgan fingerprint density at radius 1 is 1.19 bits per heavy atom. The molecule has 0 aliphatic rings. The first kappa shape index (κ1) is 15.6. The lowest BCUT2D eigenvalue weighted by Crippen LogP contribution is -2.08. The van der Waals surface area contributed by atoms with E-state index in [1.807, 2.05) is 13.1 Å². The monoisotopic (exact) mass is 309 g/mol. The average Bonchev–Trinajstić information content (AvgIpc) is 2.47. The number of nitrogens with one attached hydrogen (secondary N) is 1. The second kappa shape index (κ2) is 7.29. The summed E-state index contributed by atoms with van der Waals surface area (Å²) in [4.78, 5) is 0. The van der Waals surface area contributed by atoms with Crippen molar-refractivity contribution in [1.82, 2.24) is 5.32 Å². The maximum absolute atomic E-state index is 12.9. The molecule has 5 heteroatoms. The Morgan fingerprint density at radius 3 is 2.52 bits per heavy atom. The summed E-state index contributed by atoms with van der Waals surface area (Å²) in [5, 5.41) is 3.65. The summed E-state index contributed by atoms with van der Waals surface area (Å²) in [6.07, 6.45) is 0. The van der Waals surface area contributed by atoms with Crippen LogP contribution in [0.5, 0.6) is 11.5 Å². The Morgan fingerprint density at radius 2 is 1.90 bits per heavy atom. The highest BCUT2D eigenvalue weighted by Crippen LogP contribution is 2.35. The SMILES string of the molecule is CNCc1cc(Cl)cc(OC)c1OCc1ccc(F)cc1. The molecule has 0 amide bonds. The van der Waals surface area contributed by atoms with Crippen LogP contribution in [0, 0.1) is 5.82 Å². The minimum absolute atomic E-state index is 0.265. The van der Waals surface area contributed by atoms with E-state index >= 15 is 0 Å². The zero-order valence-corrected chi connectivity index (χ0v) is 12.7. The van der Waals surface area contributed by atoms with Crippen molar-refractivity contribution < 1.29 is 13.9 Å². The number of hydrogen-bond donors (Lipinski definition) is 1. The van der Waals surface area contributed by atoms with Crippen LogP contribution >= 0.6 is 11.6 Å². The smallest absolute Gasteiger partial charge is 0.166 e. The Kier molecular flexibility index (Phi) is 5.42. The van der Waals surface area contributed by atoms with Crippen molar-refractivity contribution in [3.63, 3.8) is 0 Å². The van der Waals surface area contributed by atoms with Crippen molar-refractivity contribution in [3.05, 3.63) is 58.4 Å². The van der Waals surface area contributed by atoms with Crippen molar-refractivity contribution in [2.75, 3.05) is 14.2 Å². The van der Waals surface area contributed by atoms with Crippen molar-refractivity contribution in [1.29, 1.82) is 0 Å². The highest BCUT2D eigenvalue weighted by molar-refractivity contribution is 6.30. The molecule has 2 aromatic carbocycles. The molecular formula is C16H17ClFNO2. The van der Waals surface area contributed by atoms with Gasteiger partial charge in [0.05, 0.1) is 7.11 Å². The molecule has 21 heavy (non-hydrogen) atoms. The second-order valence-corrected chi connectivity index (χ2v) is 4.98. The lowest BCUT2D eigenvalue weighted by Gasteiger charge is -2.16. The third-order valence-electron chi connectivity index (χ3n) is 2.98. The van der Waals surface area contributed by atoms with Gasteiger partial charge in [-0.25, -0.2) is 4.39 Å². The van der Waals surface area contributed by atoms with Gasteiger partial charge in [0.25, 0.3) is 0 Å². The van der Waals surface area contributed by atoms with Crippen LogP contribution in [-0.2, 0) is 13.2 Å². The highest BCUT2D eigenvalue weighted by Gasteiger charge is 2.12. The molecule has 2 aromatic rings. The van der Waals surface area contributed by atoms with Crippen LogP contribution in [0.25, 0.3) is 0 Å². The van der Waals surface area contributed by atoms with E-state index in [0.717, 1.165) is 11.1 Å². The Bertz CT molecular complexity index is 602. The molecule has 1 N–H and O–H groups in total. The predicted octanol–water partition coefficient (Wildman–Crippen LogP) is 3.79. The molecule has 0 saturated carbocycles. The van der Waals surface area contributed by atoms with Crippen LogP contribution in [0.15, 0.2) is 36.4 Å². The third kappa shape index (κ3) is 4.09. The summed E-state index contributed by atoms with van der Waals surface area (Å²) in [7, 11) is 3.41. The molecule has 0 fully saturated rings. The van der Waals surface area contributed by atoms with Crippen molar-refractivity contribution in [2.45, 2.75) is 13.2 Å². The minimum atomic E-state index is -0.265. The van der Waals surface area contributed by atoms with Crippen molar-refractivity contribution in [2.24, 2.45) is 0 Å². The van der Waals surface area contributed by atoms with Crippen molar-refractivity contribution >= 4 is 11.6 Å². The molecule has 3 nitrogen and oxygen atoms in total. The van der Waals surface area contributed by atoms with Gasteiger partial charge in [0.2, 0.25) is 0 Å². The quantitative estimate of drug-likeness (QED) is 0.880. The lowest BCUT2D eigenvalue weighted by atomic mass is 10.1. The predicted molar refractivity (Wildman–Crippen MR) is 81.5 cm³/mol. The second-order valence-electron chi connectivity index (χ2n) is 4.54. The van der Waals surface area contributed by atoms with Gasteiger partial charge < -0.3 is 14.8 Å². The molecular weight excluding hydrogens is 293 g/mol. The molecule has 0 aliphatic heterocycles. The lowest BCUT2D eigenvalue weighted by molar-refractivity contribution is 0.281. The molecule has 0 radical (unpaired) electrons. The Balaban J connectivity index is 2.22. The molecule has 0 aromatic heterocycles. The molecule has 0 atom stereocenters. The third-order valence-corrected chi connectivity index (χ3v) is 3.20. The fourth-order valence-electron chi connectivity index (χ4n) is 2.00. The topological polar surface area (TPSA) is 30.5 Å². The number of ether oxygens (including phenoxy) is 2. The summed E-state index contributed by atoms with van der Waals surface area (Å²) in [5.41, 5.74) is 1.78. The van der Waals surface area contributed by atoms with Gasteiger partial charge in [-0.1, -0.05) is 23.7 Å². The van der Waals surface area contributed by atoms with Gasteiger partial charge in [-0.15, -0.1) is 0 Å². The van der Waals surface area contributed by atoms with Gasteiger partial charge in [0, 0.05) is 23.2 Å². The van der Waals surface area contributed by atoms with Crippen LogP contribution in [0.2, 0.25) is 5.02 Å². The molecule has 0 spiro atoms. The van der Waals surface area contributed by atoms with Gasteiger partial charge in [-0.3, -0.25) is 0 Å². The van der Waals surface area contributed by atoms with E-state index in [-0.39, 0.29) is 5.82 Å². The maximum atomic E-state index is 12.9. The summed E-state index contributed by atoms with van der Waals surface area (Å²) in [6.45, 7) is 0.935. The minimum Gasteiger partial charge on any atom is -0.493 e. The molecule has 0 bridgehead atoms. The van der Waals surface area contributed by atoms with E-state index in [4.69, 9.17) is 21.1 Å². The van der Waals surface area contributed by atoms with E-state index in [2.05, 4.69) is 5.32 Å². The van der Waals surface area contributed by atoms with Crippen LogP contribution in [0.1, 0.15) is 11.1 Å². The number of methoxy groups -OCH3 is 1. The van der Waals surface area contributed by atoms with Crippen molar-refractivity contribution in [3.8, 4) is 11.5 Å². The molecule has 0 saturated heterocycles. The van der Waals surface area contributed by atoms with Gasteiger partial charge in [0.1, 0.15) is 12.4 Å². The summed E-state index contributed by atoms with van der Waals surface area (Å²) < 4.78 is 24.1. The summed E-state index contributed by atoms with van der Waals surface area (Å²) in [6, 6.07) is 9.74. The van der Waals surface area contributed by atoms with Gasteiger partial charge in [-0.05, 0) is 30.8 Å². The molecule has 0 heterocycles. The summed E-state index contributed by atoms with van der Waals surface area (Å²) >= 11 is 6.07. The zero-order chi connectivity index (χ0) is 15.2. The Labute approximate surface area is 128 Å². The normalized spacial score (nSPS) is 10.5. The molecule has 2 rings (SSSR count). The fourth-order valence-corrected chi connectivity index (χ4v) is 2.23. The van der Waals surface area contributed by atoms with Gasteiger partial charge in [0.15, 0.2) is 11.5 Å². The number of rotatable bonds is 6. The highest BCUT2D eigenvalue weighted by atomic mass is 35.5. The van der Waals surface area contributed by atoms with Gasteiger partial charge >= 0.3 is 0 Å². The van der Waals surface area contributed by atoms with Crippen LogP contribution in [0.3, 0.4) is 0 Å². The van der Waals surface area contributed by atoms with Crippen LogP contribution in [0.4, 0.5) is 4.39 Å². The van der Waals surface area contributed by atoms with Crippen LogP contribution in [-0.4, -0.2) is 14.2 Å². The van der Waals surface area contributed by atoms with Crippen LogP contribution < -0.4 is 14.8 Å². The first-order valence-corrected chi connectivity index (χ1v) is 6.90. The number of hydrogen-bond acceptors (Lipinski definition) is 3. The number of benzene rings is 2. The first-order valence-electron chi connectivity index (χ1n) is 6.52. The fraction of sp³-hybridized carbons (Fsp3) is 0.250. The standard InChI is InChI=1S/C16H17ClFNO2/c1-19-9-12-7-13(17)8-15(20-2)16(12)21-10-11-3-5-14(18)6-4-11/h3-8,19H,9-10H2,1-2H3. The molecule has 112 valence electrons. The van der Waals surface area contributed by atoms with Gasteiger partial charge in [-0.2, -0.15) is 0 Å². The van der Waals surface area contributed by atoms with E-state index in [1.54, 1.807) is 25.3 Å². The largest absolute Gasteiger partial charge is 0.493 e. The van der Waals surface area contributed by atoms with E-state index in [9.17, 15) is 4.39 Å². The molecule has 0 unspecified atom stereocenters. The van der Waals surface area contributed by atoms with E-state index in [0.29, 0.717) is 29.7 Å². The van der Waals surface area contributed by atoms with E-state index in [1.165, 1.54) is 12.1 Å². The zero-order valence-electron chi connectivity index (χ0n) is 12.0. The maximum Gasteiger partial charge on any atom is 0.166 e. The first-order chi connectivity index (χ1) is 10.1. The average molecular weight is 310 g/mol. The summed E-state index contributed by atoms with van der Waals surface area (Å²) in [5.74, 6) is 0.953. The number of halogens is 2.